The van der Waals surface area contributed by atoms with Crippen LogP contribution in [-0.4, -0.2) is 24.5 Å². The molecule has 0 aliphatic rings. The summed E-state index contributed by atoms with van der Waals surface area (Å²) in [6.45, 7) is 5.50. The maximum absolute atomic E-state index is 8.61. The normalized spacial score (nSPS) is 12.8. The fraction of sp³-hybridized carbons (Fsp3) is 0.909. The number of hydrogen-bond acceptors (Lipinski definition) is 2. The Morgan fingerprint density at radius 3 is 2.46 bits per heavy atom. The molecule has 0 aliphatic heterocycles. The minimum atomic E-state index is 0.460. The number of rotatable bonds is 7. The molecule has 2 nitrogen and oxygen atoms in total. The summed E-state index contributed by atoms with van der Waals surface area (Å²) >= 11 is 0. The largest absolute Gasteiger partial charge is 0.302 e. The third-order valence-corrected chi connectivity index (χ3v) is 2.54. The van der Waals surface area contributed by atoms with Gasteiger partial charge < -0.3 is 4.90 Å². The second kappa shape index (κ2) is 8.07. The highest BCUT2D eigenvalue weighted by molar-refractivity contribution is 4.80. The standard InChI is InChI=1S/C11H22N2/c1-4-6-7-10-13(3)11(5-2)8-9-12/h11H,4-8,10H2,1-3H3. The Labute approximate surface area is 82.5 Å². The Balaban J connectivity index is 3.65. The predicted molar refractivity (Wildman–Crippen MR) is 56.5 cm³/mol. The molecule has 0 aliphatic carbocycles. The lowest BCUT2D eigenvalue weighted by molar-refractivity contribution is 0.234. The molecule has 0 heterocycles. The molecule has 2 heteroatoms. The quantitative estimate of drug-likeness (QED) is 0.566. The summed E-state index contributed by atoms with van der Waals surface area (Å²) < 4.78 is 0. The van der Waals surface area contributed by atoms with Gasteiger partial charge in [-0.2, -0.15) is 5.26 Å². The SMILES string of the molecule is CCCCCN(C)C(CC)CC#N. The van der Waals surface area contributed by atoms with Crippen LogP contribution in [0.5, 0.6) is 0 Å². The Hall–Kier alpha value is -0.550. The number of hydrogen-bond donors (Lipinski definition) is 0. The van der Waals surface area contributed by atoms with Crippen molar-refractivity contribution in [3.8, 4) is 6.07 Å². The fourth-order valence-electron chi connectivity index (χ4n) is 1.51. The van der Waals surface area contributed by atoms with Crippen LogP contribution in [0.2, 0.25) is 0 Å². The molecule has 1 unspecified atom stereocenters. The first-order valence-corrected chi connectivity index (χ1v) is 5.33. The van der Waals surface area contributed by atoms with Gasteiger partial charge in [0.1, 0.15) is 0 Å². The lowest BCUT2D eigenvalue weighted by atomic mass is 10.1. The summed E-state index contributed by atoms with van der Waals surface area (Å²) in [5.41, 5.74) is 0. The van der Waals surface area contributed by atoms with Crippen molar-refractivity contribution in [2.45, 2.75) is 52.0 Å². The van der Waals surface area contributed by atoms with Gasteiger partial charge in [-0.25, -0.2) is 0 Å². The van der Waals surface area contributed by atoms with E-state index in [0.717, 1.165) is 13.0 Å². The van der Waals surface area contributed by atoms with Crippen molar-refractivity contribution in [3.63, 3.8) is 0 Å². The highest BCUT2D eigenvalue weighted by Gasteiger charge is 2.10. The van der Waals surface area contributed by atoms with Gasteiger partial charge >= 0.3 is 0 Å². The molecule has 13 heavy (non-hydrogen) atoms. The van der Waals surface area contributed by atoms with Crippen LogP contribution in [0.25, 0.3) is 0 Å². The van der Waals surface area contributed by atoms with E-state index < -0.39 is 0 Å². The molecular formula is C11H22N2. The molecule has 0 spiro atoms. The lowest BCUT2D eigenvalue weighted by Crippen LogP contribution is -2.31. The van der Waals surface area contributed by atoms with Crippen molar-refractivity contribution in [1.29, 1.82) is 5.26 Å². The molecule has 0 fully saturated rings. The van der Waals surface area contributed by atoms with Crippen LogP contribution < -0.4 is 0 Å². The van der Waals surface area contributed by atoms with Crippen LogP contribution in [0, 0.1) is 11.3 Å². The number of nitriles is 1. The van der Waals surface area contributed by atoms with Gasteiger partial charge in [-0.3, -0.25) is 0 Å². The second-order valence-electron chi connectivity index (χ2n) is 3.61. The van der Waals surface area contributed by atoms with Crippen LogP contribution in [0.4, 0.5) is 0 Å². The summed E-state index contributed by atoms with van der Waals surface area (Å²) in [7, 11) is 2.13. The first-order chi connectivity index (χ1) is 6.26. The monoisotopic (exact) mass is 182 g/mol. The first-order valence-electron chi connectivity index (χ1n) is 5.33. The zero-order valence-corrected chi connectivity index (χ0v) is 9.21. The fourth-order valence-corrected chi connectivity index (χ4v) is 1.51. The van der Waals surface area contributed by atoms with Crippen molar-refractivity contribution in [1.82, 2.24) is 4.90 Å². The molecule has 0 aromatic carbocycles. The maximum atomic E-state index is 8.61. The first kappa shape index (κ1) is 12.4. The summed E-state index contributed by atoms with van der Waals surface area (Å²) in [4.78, 5) is 2.32. The Kier molecular flexibility index (Phi) is 7.73. The summed E-state index contributed by atoms with van der Waals surface area (Å²) in [6, 6.07) is 2.71. The third-order valence-electron chi connectivity index (χ3n) is 2.54. The summed E-state index contributed by atoms with van der Waals surface area (Å²) in [5.74, 6) is 0. The van der Waals surface area contributed by atoms with Crippen LogP contribution in [-0.2, 0) is 0 Å². The van der Waals surface area contributed by atoms with E-state index >= 15 is 0 Å². The van der Waals surface area contributed by atoms with E-state index in [1.165, 1.54) is 19.3 Å². The molecule has 0 radical (unpaired) electrons. The highest BCUT2D eigenvalue weighted by Crippen LogP contribution is 2.07. The number of nitrogens with zero attached hydrogens (tertiary/aromatic N) is 2. The zero-order valence-electron chi connectivity index (χ0n) is 9.21. The topological polar surface area (TPSA) is 27.0 Å². The average molecular weight is 182 g/mol. The molecule has 0 N–H and O–H groups in total. The van der Waals surface area contributed by atoms with Gasteiger partial charge in [-0.05, 0) is 26.4 Å². The molecule has 0 bridgehead atoms. The minimum Gasteiger partial charge on any atom is -0.302 e. The van der Waals surface area contributed by atoms with Crippen molar-refractivity contribution < 1.29 is 0 Å². The molecule has 0 saturated carbocycles. The van der Waals surface area contributed by atoms with Gasteiger partial charge in [0.2, 0.25) is 0 Å². The molecule has 0 aromatic heterocycles. The van der Waals surface area contributed by atoms with E-state index in [4.69, 9.17) is 5.26 Å². The van der Waals surface area contributed by atoms with Gasteiger partial charge in [0.05, 0.1) is 12.5 Å². The molecule has 0 amide bonds. The van der Waals surface area contributed by atoms with Crippen LogP contribution >= 0.6 is 0 Å². The van der Waals surface area contributed by atoms with Gasteiger partial charge in [-0.1, -0.05) is 26.7 Å². The smallest absolute Gasteiger partial charge is 0.0638 e. The molecule has 1 atom stereocenters. The van der Waals surface area contributed by atoms with E-state index in [1.54, 1.807) is 0 Å². The Morgan fingerprint density at radius 2 is 2.00 bits per heavy atom. The third kappa shape index (κ3) is 5.65. The lowest BCUT2D eigenvalue weighted by Gasteiger charge is -2.24. The van der Waals surface area contributed by atoms with E-state index in [9.17, 15) is 0 Å². The number of unbranched alkanes of at least 4 members (excludes halogenated alkanes) is 2. The second-order valence-corrected chi connectivity index (χ2v) is 3.61. The van der Waals surface area contributed by atoms with Crippen molar-refractivity contribution >= 4 is 0 Å². The highest BCUT2D eigenvalue weighted by atomic mass is 15.1. The molecule has 0 rings (SSSR count). The average Bonchev–Trinajstić information content (AvgIpc) is 2.14. The maximum Gasteiger partial charge on any atom is 0.0638 e. The Morgan fingerprint density at radius 1 is 1.31 bits per heavy atom. The van der Waals surface area contributed by atoms with Crippen molar-refractivity contribution in [2.24, 2.45) is 0 Å². The molecular weight excluding hydrogens is 160 g/mol. The van der Waals surface area contributed by atoms with Gasteiger partial charge in [-0.15, -0.1) is 0 Å². The Bertz CT molecular complexity index is 149. The van der Waals surface area contributed by atoms with Gasteiger partial charge in [0.25, 0.3) is 0 Å². The molecule has 0 saturated heterocycles. The van der Waals surface area contributed by atoms with E-state index in [2.05, 4.69) is 31.9 Å². The minimum absolute atomic E-state index is 0.460. The van der Waals surface area contributed by atoms with Crippen molar-refractivity contribution in [3.05, 3.63) is 0 Å². The van der Waals surface area contributed by atoms with Crippen LogP contribution in [0.1, 0.15) is 46.0 Å². The predicted octanol–water partition coefficient (Wildman–Crippen LogP) is 2.80. The summed E-state index contributed by atoms with van der Waals surface area (Å²) in [6.07, 6.45) is 5.57. The van der Waals surface area contributed by atoms with Gasteiger partial charge in [0, 0.05) is 6.04 Å². The van der Waals surface area contributed by atoms with Crippen molar-refractivity contribution in [2.75, 3.05) is 13.6 Å². The van der Waals surface area contributed by atoms with Crippen LogP contribution in [0.3, 0.4) is 0 Å². The molecule has 76 valence electrons. The zero-order chi connectivity index (χ0) is 10.1. The van der Waals surface area contributed by atoms with Gasteiger partial charge in [0.15, 0.2) is 0 Å². The van der Waals surface area contributed by atoms with E-state index in [-0.39, 0.29) is 0 Å². The summed E-state index contributed by atoms with van der Waals surface area (Å²) in [5, 5.41) is 8.61. The van der Waals surface area contributed by atoms with E-state index in [1.807, 2.05) is 0 Å². The molecule has 0 aromatic rings. The van der Waals surface area contributed by atoms with E-state index in [0.29, 0.717) is 12.5 Å². The van der Waals surface area contributed by atoms with Crippen LogP contribution in [0.15, 0.2) is 0 Å².